The van der Waals surface area contributed by atoms with Crippen LogP contribution in [0.3, 0.4) is 0 Å². The van der Waals surface area contributed by atoms with E-state index in [2.05, 4.69) is 53.9 Å². The van der Waals surface area contributed by atoms with Gasteiger partial charge in [0.05, 0.1) is 25.7 Å². The van der Waals surface area contributed by atoms with E-state index in [1.165, 1.54) is 14.0 Å². The average molecular weight is 998 g/mol. The smallest absolute Gasteiger partial charge is 0.316 e. The molecule has 3 fully saturated rings. The Hall–Kier alpha value is -6.82. The van der Waals surface area contributed by atoms with Crippen LogP contribution in [0.5, 0.6) is 28.7 Å². The summed E-state index contributed by atoms with van der Waals surface area (Å²) in [4.78, 5) is 29.5. The summed E-state index contributed by atoms with van der Waals surface area (Å²) in [5, 5.41) is 51.6. The van der Waals surface area contributed by atoms with Crippen molar-refractivity contribution in [3.63, 3.8) is 0 Å². The van der Waals surface area contributed by atoms with Crippen molar-refractivity contribution in [2.24, 2.45) is 23.2 Å². The van der Waals surface area contributed by atoms with E-state index in [1.54, 1.807) is 31.4 Å². The number of ether oxygens (including phenoxy) is 4. The van der Waals surface area contributed by atoms with Crippen LogP contribution in [0.4, 0.5) is 0 Å². The van der Waals surface area contributed by atoms with E-state index >= 15 is 4.79 Å². The number of esters is 2. The van der Waals surface area contributed by atoms with Gasteiger partial charge in [-0.25, -0.2) is 0 Å². The first-order chi connectivity index (χ1) is 35.8. The van der Waals surface area contributed by atoms with Gasteiger partial charge in [0.1, 0.15) is 18.0 Å². The highest BCUT2D eigenvalue weighted by Gasteiger charge is 2.65. The molecule has 5 aliphatic carbocycles. The molecule has 0 unspecified atom stereocenters. The molecule has 74 heavy (non-hydrogen) atoms. The number of carbonyl (C=O) groups is 2. The maximum Gasteiger partial charge on any atom is 0.316 e. The van der Waals surface area contributed by atoms with Crippen molar-refractivity contribution in [2.75, 3.05) is 21.3 Å². The number of aromatic hydroxyl groups is 3. The fourth-order valence-corrected chi connectivity index (χ4v) is 14.8. The number of aliphatic hydroxyl groups is 1. The predicted octanol–water partition coefficient (Wildman–Crippen LogP) is 11.2. The first-order valence-corrected chi connectivity index (χ1v) is 26.5. The highest BCUT2D eigenvalue weighted by Crippen LogP contribution is 2.70. The molecule has 11 rings (SSSR count). The Morgan fingerprint density at radius 1 is 0.757 bits per heavy atom. The van der Waals surface area contributed by atoms with Gasteiger partial charge in [0.2, 0.25) is 0 Å². The summed E-state index contributed by atoms with van der Waals surface area (Å²) in [5.41, 5.74) is 6.77. The molecule has 0 spiro atoms. The summed E-state index contributed by atoms with van der Waals surface area (Å²) in [6, 6.07) is 35.5. The highest BCUT2D eigenvalue weighted by molar-refractivity contribution is 5.99. The van der Waals surface area contributed by atoms with Crippen molar-refractivity contribution >= 4 is 28.8 Å². The van der Waals surface area contributed by atoms with Gasteiger partial charge < -0.3 is 44.7 Å². The molecule has 0 aliphatic heterocycles. The number of aliphatic hydroxyl groups excluding tert-OH is 1. The Labute approximate surface area is 433 Å². The third kappa shape index (κ3) is 8.55. The zero-order valence-electron chi connectivity index (χ0n) is 42.7. The first kappa shape index (κ1) is 49.4. The lowest BCUT2D eigenvalue weighted by Crippen LogP contribution is -2.62. The van der Waals surface area contributed by atoms with E-state index in [-0.39, 0.29) is 59.2 Å². The summed E-state index contributed by atoms with van der Waals surface area (Å²) in [6.45, 7) is 2.13. The van der Waals surface area contributed by atoms with Crippen LogP contribution in [0, 0.1) is 23.2 Å². The van der Waals surface area contributed by atoms with Crippen molar-refractivity contribution in [1.29, 1.82) is 0 Å². The molecule has 6 aromatic carbocycles. The van der Waals surface area contributed by atoms with Gasteiger partial charge in [-0.05, 0) is 179 Å². The van der Waals surface area contributed by atoms with Gasteiger partial charge in [0.25, 0.3) is 0 Å². The van der Waals surface area contributed by atoms with Crippen molar-refractivity contribution < 1.29 is 49.0 Å². The minimum atomic E-state index is -0.993. The largest absolute Gasteiger partial charge is 0.508 e. The minimum absolute atomic E-state index is 0.0137. The van der Waals surface area contributed by atoms with Crippen LogP contribution >= 0.6 is 0 Å². The summed E-state index contributed by atoms with van der Waals surface area (Å²) in [7, 11) is 4.99. The lowest BCUT2D eigenvalue weighted by Gasteiger charge is -2.64. The second-order valence-corrected chi connectivity index (χ2v) is 21.8. The molecular weight excluding hydrogens is 931 g/mol. The third-order valence-electron chi connectivity index (χ3n) is 17.9. The Bertz CT molecular complexity index is 3140. The number of hydrogen-bond donors (Lipinski definition) is 5. The lowest BCUT2D eigenvalue weighted by atomic mass is 9.40. The molecule has 3 saturated carbocycles. The van der Waals surface area contributed by atoms with E-state index in [0.717, 1.165) is 80.1 Å². The molecule has 6 aromatic rings. The van der Waals surface area contributed by atoms with Crippen LogP contribution in [0.1, 0.15) is 109 Å². The molecule has 11 heteroatoms. The van der Waals surface area contributed by atoms with Crippen LogP contribution in [-0.4, -0.2) is 71.9 Å². The normalized spacial score (nSPS) is 26.7. The standard InChI is InChI=1S/C63H67NO10/c1-36(65)73-57-31-45(74-61(70)62(19-9-6-10-20-62)43-17-16-40-23-44(66)29-47(46(40)28-43)39-15-11-14-38(22-39)35-64-2)30-50-48-33-59(72-4)55(68)26-41(48)24-51-54(67)34-52-49-32-56(69)58(71-3)27-42(49)25-53(57)63(52,60(50)51)21-18-37-12-7-5-8-13-37/h5,7-8,11-18,21-23,26-29,32-33,45,50-54,57,60,64,66-69H,6,9-10,19-20,24-25,30-31,34-35H2,1-4H3/b21-18+/t45-,50+,51+,52-,53+,54-,57+,60-,63+/m0/s1. The molecule has 0 bridgehead atoms. The first-order valence-electron chi connectivity index (χ1n) is 26.5. The molecule has 0 saturated heterocycles. The molecule has 0 aromatic heterocycles. The van der Waals surface area contributed by atoms with Gasteiger partial charge in [-0.15, -0.1) is 0 Å². The monoisotopic (exact) mass is 997 g/mol. The van der Waals surface area contributed by atoms with Crippen molar-refractivity contribution in [3.8, 4) is 39.9 Å². The van der Waals surface area contributed by atoms with Crippen molar-refractivity contribution in [3.05, 3.63) is 154 Å². The van der Waals surface area contributed by atoms with Crippen molar-refractivity contribution in [1.82, 2.24) is 5.32 Å². The van der Waals surface area contributed by atoms with E-state index in [9.17, 15) is 25.2 Å². The quantitative estimate of drug-likeness (QED) is 0.0785. The van der Waals surface area contributed by atoms with Crippen LogP contribution < -0.4 is 14.8 Å². The summed E-state index contributed by atoms with van der Waals surface area (Å²) >= 11 is 0. The van der Waals surface area contributed by atoms with Gasteiger partial charge in [-0.1, -0.05) is 92.1 Å². The van der Waals surface area contributed by atoms with E-state index < -0.39 is 35.1 Å². The Morgan fingerprint density at radius 2 is 1.51 bits per heavy atom. The predicted molar refractivity (Wildman–Crippen MR) is 284 cm³/mol. The molecule has 11 nitrogen and oxygen atoms in total. The van der Waals surface area contributed by atoms with Gasteiger partial charge in [-0.2, -0.15) is 0 Å². The van der Waals surface area contributed by atoms with Crippen molar-refractivity contribution in [2.45, 2.75) is 113 Å². The topological polar surface area (TPSA) is 164 Å². The number of fused-ring (bicyclic) bond motifs is 5. The molecule has 5 aliphatic rings. The van der Waals surface area contributed by atoms with E-state index in [4.69, 9.17) is 18.9 Å². The van der Waals surface area contributed by atoms with Crippen LogP contribution in [0.15, 0.2) is 115 Å². The number of phenolic OH excluding ortho intramolecular Hbond substituents is 3. The fourth-order valence-electron chi connectivity index (χ4n) is 14.8. The molecule has 0 amide bonds. The summed E-state index contributed by atoms with van der Waals surface area (Å²) in [5.74, 6) is -1.56. The van der Waals surface area contributed by atoms with E-state index in [0.29, 0.717) is 56.6 Å². The Morgan fingerprint density at radius 3 is 2.27 bits per heavy atom. The number of hydrogen-bond acceptors (Lipinski definition) is 11. The molecule has 9 atom stereocenters. The molecule has 0 heterocycles. The average Bonchev–Trinajstić information content (AvgIpc) is 3.48. The molecule has 5 N–H and O–H groups in total. The fraction of sp³-hybridized carbons (Fsp3) is 0.397. The summed E-state index contributed by atoms with van der Waals surface area (Å²) < 4.78 is 25.3. The number of benzene rings is 6. The zero-order chi connectivity index (χ0) is 51.5. The van der Waals surface area contributed by atoms with Gasteiger partial charge in [-0.3, -0.25) is 9.59 Å². The van der Waals surface area contributed by atoms with Gasteiger partial charge >= 0.3 is 11.9 Å². The number of methoxy groups -OCH3 is 2. The minimum Gasteiger partial charge on any atom is -0.508 e. The van der Waals surface area contributed by atoms with Gasteiger partial charge in [0.15, 0.2) is 23.0 Å². The second-order valence-electron chi connectivity index (χ2n) is 21.8. The second kappa shape index (κ2) is 19.8. The highest BCUT2D eigenvalue weighted by atomic mass is 16.6. The zero-order valence-corrected chi connectivity index (χ0v) is 42.7. The van der Waals surface area contributed by atoms with Crippen LogP contribution in [0.2, 0.25) is 0 Å². The maximum absolute atomic E-state index is 15.9. The van der Waals surface area contributed by atoms with Crippen LogP contribution in [0.25, 0.3) is 28.0 Å². The Balaban J connectivity index is 1.08. The summed E-state index contributed by atoms with van der Waals surface area (Å²) in [6.07, 6.45) is 7.93. The number of rotatable bonds is 11. The molecular formula is C63H67NO10. The number of carbonyl (C=O) groups excluding carboxylic acids is 2. The lowest BCUT2D eigenvalue weighted by molar-refractivity contribution is -0.178. The van der Waals surface area contributed by atoms with Crippen LogP contribution in [-0.2, 0) is 43.9 Å². The molecule has 0 radical (unpaired) electrons. The number of phenols is 3. The van der Waals surface area contributed by atoms with E-state index in [1.807, 2.05) is 55.6 Å². The third-order valence-corrected chi connectivity index (χ3v) is 17.9. The Kier molecular flexibility index (Phi) is 13.2. The maximum atomic E-state index is 15.9. The molecule has 384 valence electrons. The number of nitrogens with one attached hydrogen (secondary N) is 1. The number of allylic oxidation sites excluding steroid dienone is 1. The van der Waals surface area contributed by atoms with Gasteiger partial charge in [0, 0.05) is 31.2 Å². The SMILES string of the molecule is CNCc1cccc(-c2cc(O)cc3ccc(C4(C(=O)O[C@H]5C[C@@H]6c7cc(OC)c(O)cc7C[C@H]7[C@H]6[C@@]6(/C=C/c8ccccc8)[C@H](Cc8cc(OC)c(O)cc8[C@@H]6C[C@@H]7O)[C@H](OC(C)=O)C5)CCCCC4)cc23)c1.